The van der Waals surface area contributed by atoms with Gasteiger partial charge in [0.25, 0.3) is 0 Å². The van der Waals surface area contributed by atoms with Gasteiger partial charge in [-0.15, -0.1) is 0 Å². The van der Waals surface area contributed by atoms with Crippen molar-refractivity contribution in [3.63, 3.8) is 0 Å². The van der Waals surface area contributed by atoms with Gasteiger partial charge in [0.05, 0.1) is 23.5 Å². The van der Waals surface area contributed by atoms with Crippen LogP contribution in [0.15, 0.2) is 42.5 Å². The molecule has 0 aromatic heterocycles. The molecule has 0 aliphatic heterocycles. The lowest BCUT2D eigenvalue weighted by atomic mass is 10.1. The van der Waals surface area contributed by atoms with Crippen molar-refractivity contribution >= 4 is 23.0 Å². The summed E-state index contributed by atoms with van der Waals surface area (Å²) >= 11 is 0. The predicted octanol–water partition coefficient (Wildman–Crippen LogP) is 4.75. The average molecular weight is 382 g/mol. The third-order valence-corrected chi connectivity index (χ3v) is 3.71. The molecule has 0 saturated heterocycles. The summed E-state index contributed by atoms with van der Waals surface area (Å²) in [5.41, 5.74) is 5.85. The summed E-state index contributed by atoms with van der Waals surface area (Å²) in [6.45, 7) is 3.80. The van der Waals surface area contributed by atoms with Crippen molar-refractivity contribution in [3.05, 3.63) is 48.0 Å². The molecule has 5 nitrogen and oxygen atoms in total. The fourth-order valence-electron chi connectivity index (χ4n) is 2.32. The predicted molar refractivity (Wildman–Crippen MR) is 96.9 cm³/mol. The van der Waals surface area contributed by atoms with E-state index in [4.69, 9.17) is 15.2 Å². The van der Waals surface area contributed by atoms with Crippen molar-refractivity contribution in [2.45, 2.75) is 32.5 Å². The Hall–Kier alpha value is -2.90. The fourth-order valence-corrected chi connectivity index (χ4v) is 2.32. The second-order valence-electron chi connectivity index (χ2n) is 5.72. The maximum atomic E-state index is 12.7. The number of nitrogen functional groups attached to an aromatic ring is 1. The van der Waals surface area contributed by atoms with Gasteiger partial charge >= 0.3 is 12.1 Å². The van der Waals surface area contributed by atoms with Gasteiger partial charge in [-0.1, -0.05) is 6.92 Å². The van der Waals surface area contributed by atoms with Gasteiger partial charge in [-0.3, -0.25) is 0 Å². The first-order valence-corrected chi connectivity index (χ1v) is 8.41. The standard InChI is InChI=1S/C19H21F3N2O3/c1-3-17(18(25)26-4-2)27-14-8-6-13(7-9-14)24-16-10-5-12(11-15(16)23)19(20,21)22/h5-11,17,24H,3-4,23H2,1-2H3. The third kappa shape index (κ3) is 5.54. The summed E-state index contributed by atoms with van der Waals surface area (Å²) < 4.78 is 48.6. The van der Waals surface area contributed by atoms with E-state index < -0.39 is 23.8 Å². The van der Waals surface area contributed by atoms with E-state index in [9.17, 15) is 18.0 Å². The topological polar surface area (TPSA) is 73.6 Å². The normalized spacial score (nSPS) is 12.3. The summed E-state index contributed by atoms with van der Waals surface area (Å²) in [6.07, 6.45) is -4.68. The van der Waals surface area contributed by atoms with Gasteiger partial charge in [-0.05, 0) is 55.8 Å². The highest BCUT2D eigenvalue weighted by molar-refractivity contribution is 5.75. The van der Waals surface area contributed by atoms with E-state index in [2.05, 4.69) is 5.32 Å². The van der Waals surface area contributed by atoms with Crippen molar-refractivity contribution in [1.29, 1.82) is 0 Å². The fraction of sp³-hybridized carbons (Fsp3) is 0.316. The Morgan fingerprint density at radius 3 is 2.33 bits per heavy atom. The van der Waals surface area contributed by atoms with E-state index in [-0.39, 0.29) is 12.3 Å². The van der Waals surface area contributed by atoms with Crippen molar-refractivity contribution < 1.29 is 27.4 Å². The Bertz CT molecular complexity index is 777. The highest BCUT2D eigenvalue weighted by atomic mass is 19.4. The molecule has 0 radical (unpaired) electrons. The second kappa shape index (κ2) is 8.66. The van der Waals surface area contributed by atoms with Crippen LogP contribution in [0.5, 0.6) is 5.75 Å². The summed E-state index contributed by atoms with van der Waals surface area (Å²) in [5, 5.41) is 2.95. The molecule has 1 atom stereocenters. The summed E-state index contributed by atoms with van der Waals surface area (Å²) in [7, 11) is 0. The zero-order valence-electron chi connectivity index (χ0n) is 15.0. The molecule has 8 heteroatoms. The van der Waals surface area contributed by atoms with Crippen LogP contribution in [0.2, 0.25) is 0 Å². The number of nitrogens with two attached hydrogens (primary N) is 1. The molecule has 0 fully saturated rings. The number of benzene rings is 2. The van der Waals surface area contributed by atoms with Crippen LogP contribution in [0.1, 0.15) is 25.8 Å². The number of carbonyl (C=O) groups is 1. The molecule has 2 aromatic rings. The highest BCUT2D eigenvalue weighted by Gasteiger charge is 2.30. The van der Waals surface area contributed by atoms with Crippen LogP contribution in [0, 0.1) is 0 Å². The summed E-state index contributed by atoms with van der Waals surface area (Å²) in [6, 6.07) is 9.74. The van der Waals surface area contributed by atoms with E-state index >= 15 is 0 Å². The Morgan fingerprint density at radius 2 is 1.81 bits per heavy atom. The van der Waals surface area contributed by atoms with E-state index in [1.165, 1.54) is 6.07 Å². The molecule has 27 heavy (non-hydrogen) atoms. The Kier molecular flexibility index (Phi) is 6.55. The lowest BCUT2D eigenvalue weighted by Gasteiger charge is -2.16. The number of carbonyl (C=O) groups excluding carboxylic acids is 1. The summed E-state index contributed by atoms with van der Waals surface area (Å²) in [5.74, 6) is 0.0422. The molecule has 2 rings (SSSR count). The Morgan fingerprint density at radius 1 is 1.15 bits per heavy atom. The van der Waals surface area contributed by atoms with Crippen LogP contribution in [0.25, 0.3) is 0 Å². The molecule has 0 spiro atoms. The lowest BCUT2D eigenvalue weighted by molar-refractivity contribution is -0.151. The molecule has 0 bridgehead atoms. The largest absolute Gasteiger partial charge is 0.479 e. The van der Waals surface area contributed by atoms with E-state index in [1.807, 2.05) is 6.92 Å². The lowest BCUT2D eigenvalue weighted by Crippen LogP contribution is -2.28. The van der Waals surface area contributed by atoms with Crippen LogP contribution < -0.4 is 15.8 Å². The second-order valence-corrected chi connectivity index (χ2v) is 5.72. The maximum Gasteiger partial charge on any atom is 0.416 e. The first kappa shape index (κ1) is 20.4. The molecule has 0 saturated carbocycles. The minimum Gasteiger partial charge on any atom is -0.479 e. The van der Waals surface area contributed by atoms with Crippen molar-refractivity contribution in [3.8, 4) is 5.75 Å². The van der Waals surface area contributed by atoms with Crippen molar-refractivity contribution in [2.75, 3.05) is 17.7 Å². The van der Waals surface area contributed by atoms with Crippen molar-refractivity contribution in [1.82, 2.24) is 0 Å². The molecule has 146 valence electrons. The Labute approximate surface area is 155 Å². The molecular weight excluding hydrogens is 361 g/mol. The van der Waals surface area contributed by atoms with Crippen LogP contribution in [0.4, 0.5) is 30.2 Å². The number of anilines is 3. The van der Waals surface area contributed by atoms with E-state index in [0.717, 1.165) is 12.1 Å². The molecule has 0 amide bonds. The maximum absolute atomic E-state index is 12.7. The van der Waals surface area contributed by atoms with Gasteiger partial charge in [0, 0.05) is 5.69 Å². The smallest absolute Gasteiger partial charge is 0.416 e. The molecule has 2 aromatic carbocycles. The number of nitrogens with one attached hydrogen (secondary N) is 1. The van der Waals surface area contributed by atoms with Gasteiger partial charge in [0.15, 0.2) is 6.10 Å². The van der Waals surface area contributed by atoms with Crippen LogP contribution in [-0.2, 0) is 15.7 Å². The minimum absolute atomic E-state index is 0.0153. The van der Waals surface area contributed by atoms with Gasteiger partial charge < -0.3 is 20.5 Å². The first-order chi connectivity index (χ1) is 12.7. The van der Waals surface area contributed by atoms with Crippen LogP contribution in [-0.4, -0.2) is 18.7 Å². The average Bonchev–Trinajstić information content (AvgIpc) is 2.62. The molecule has 1 unspecified atom stereocenters. The molecule has 0 heterocycles. The third-order valence-electron chi connectivity index (χ3n) is 3.71. The van der Waals surface area contributed by atoms with Gasteiger partial charge in [-0.25, -0.2) is 4.79 Å². The number of rotatable bonds is 7. The molecule has 3 N–H and O–H groups in total. The Balaban J connectivity index is 2.06. The van der Waals surface area contributed by atoms with Gasteiger partial charge in [0.1, 0.15) is 5.75 Å². The zero-order valence-corrected chi connectivity index (χ0v) is 15.0. The number of alkyl halides is 3. The monoisotopic (exact) mass is 382 g/mol. The number of hydrogen-bond acceptors (Lipinski definition) is 5. The van der Waals surface area contributed by atoms with Gasteiger partial charge in [-0.2, -0.15) is 13.2 Å². The number of hydrogen-bond donors (Lipinski definition) is 2. The van der Waals surface area contributed by atoms with Crippen LogP contribution in [0.3, 0.4) is 0 Å². The van der Waals surface area contributed by atoms with Crippen molar-refractivity contribution in [2.24, 2.45) is 0 Å². The summed E-state index contributed by atoms with van der Waals surface area (Å²) in [4.78, 5) is 11.8. The number of halogens is 3. The first-order valence-electron chi connectivity index (χ1n) is 8.41. The number of ether oxygens (including phenoxy) is 2. The SMILES string of the molecule is CCOC(=O)C(CC)Oc1ccc(Nc2ccc(C(F)(F)F)cc2N)cc1. The van der Waals surface area contributed by atoms with Gasteiger partial charge in [0.2, 0.25) is 0 Å². The van der Waals surface area contributed by atoms with E-state index in [1.54, 1.807) is 31.2 Å². The quantitative estimate of drug-likeness (QED) is 0.534. The highest BCUT2D eigenvalue weighted by Crippen LogP contribution is 2.34. The van der Waals surface area contributed by atoms with Crippen LogP contribution >= 0.6 is 0 Å². The van der Waals surface area contributed by atoms with E-state index in [0.29, 0.717) is 23.5 Å². The molecule has 0 aliphatic rings. The number of esters is 1. The minimum atomic E-state index is -4.44. The zero-order chi connectivity index (χ0) is 20.0. The molecular formula is C19H21F3N2O3. The molecule has 0 aliphatic carbocycles.